The number of aromatic nitrogens is 4. The molecule has 36 heavy (non-hydrogen) atoms. The molecule has 5 rings (SSSR count). The summed E-state index contributed by atoms with van der Waals surface area (Å²) in [7, 11) is 0. The molecular formula is C23H25F4N7O2. The van der Waals surface area contributed by atoms with Crippen molar-refractivity contribution >= 4 is 34.7 Å². The van der Waals surface area contributed by atoms with Crippen molar-refractivity contribution in [1.82, 2.24) is 19.5 Å². The molecule has 2 fully saturated rings. The molecule has 1 aliphatic carbocycles. The number of imidazole rings is 1. The number of hydrogen-bond acceptors (Lipinski definition) is 7. The molecule has 192 valence electrons. The molecule has 2 atom stereocenters. The second-order valence-electron chi connectivity index (χ2n) is 9.10. The van der Waals surface area contributed by atoms with Crippen molar-refractivity contribution in [2.75, 3.05) is 17.2 Å². The number of benzene rings is 1. The molecule has 1 saturated carbocycles. The predicted molar refractivity (Wildman–Crippen MR) is 123 cm³/mol. The van der Waals surface area contributed by atoms with Gasteiger partial charge in [0.1, 0.15) is 17.0 Å². The van der Waals surface area contributed by atoms with Crippen molar-refractivity contribution in [3.05, 3.63) is 35.8 Å². The van der Waals surface area contributed by atoms with Crippen molar-refractivity contribution in [1.29, 1.82) is 0 Å². The number of fused-ring (bicyclic) bond motifs is 1. The quantitative estimate of drug-likeness (QED) is 0.430. The number of alkyl halides is 1. The Morgan fingerprint density at radius 1 is 1.08 bits per heavy atom. The second kappa shape index (κ2) is 9.88. The monoisotopic (exact) mass is 507 g/mol. The molecule has 1 aliphatic heterocycles. The van der Waals surface area contributed by atoms with E-state index in [0.717, 1.165) is 0 Å². The third-order valence-corrected chi connectivity index (χ3v) is 6.71. The van der Waals surface area contributed by atoms with Crippen molar-refractivity contribution in [2.45, 2.75) is 57.0 Å². The fourth-order valence-electron chi connectivity index (χ4n) is 4.84. The molecule has 1 saturated heterocycles. The van der Waals surface area contributed by atoms with Gasteiger partial charge in [-0.15, -0.1) is 0 Å². The lowest BCUT2D eigenvalue weighted by molar-refractivity contribution is -0.122. The lowest BCUT2D eigenvalue weighted by Crippen LogP contribution is -2.37. The van der Waals surface area contributed by atoms with Crippen LogP contribution in [0.1, 0.15) is 44.6 Å². The van der Waals surface area contributed by atoms with Gasteiger partial charge in [0.25, 0.3) is 0 Å². The van der Waals surface area contributed by atoms with Crippen molar-refractivity contribution in [2.24, 2.45) is 11.7 Å². The van der Waals surface area contributed by atoms with Crippen LogP contribution in [0.3, 0.4) is 0 Å². The predicted octanol–water partition coefficient (Wildman–Crippen LogP) is 4.09. The highest BCUT2D eigenvalue weighted by atomic mass is 19.2. The Balaban J connectivity index is 1.53. The van der Waals surface area contributed by atoms with Gasteiger partial charge in [0, 0.05) is 24.1 Å². The summed E-state index contributed by atoms with van der Waals surface area (Å²) in [5, 5.41) is 5.59. The molecule has 1 amide bonds. The molecule has 1 aromatic carbocycles. The summed E-state index contributed by atoms with van der Waals surface area (Å²) in [6.07, 6.45) is 3.27. The highest BCUT2D eigenvalue weighted by Crippen LogP contribution is 2.37. The highest BCUT2D eigenvalue weighted by Gasteiger charge is 2.30. The van der Waals surface area contributed by atoms with E-state index in [1.807, 2.05) is 0 Å². The summed E-state index contributed by atoms with van der Waals surface area (Å²) in [4.78, 5) is 24.8. The van der Waals surface area contributed by atoms with Gasteiger partial charge in [-0.05, 0) is 38.5 Å². The SMILES string of the molecule is NC(=O)[C@H]1CC[C@@H](n2c(Nc3c(F)cc(F)cc3F)nc3cnc(N[C@H]4CCCO[C@H]4F)nc32)CC1. The molecule has 2 aromatic heterocycles. The number of nitrogens with zero attached hydrogens (tertiary/aromatic N) is 4. The van der Waals surface area contributed by atoms with E-state index < -0.39 is 35.5 Å². The lowest BCUT2D eigenvalue weighted by Gasteiger charge is -2.29. The maximum Gasteiger partial charge on any atom is 0.225 e. The molecular weight excluding hydrogens is 482 g/mol. The van der Waals surface area contributed by atoms with Gasteiger partial charge in [-0.1, -0.05) is 0 Å². The molecule has 3 heterocycles. The van der Waals surface area contributed by atoms with Crippen molar-refractivity contribution in [3.8, 4) is 0 Å². The van der Waals surface area contributed by atoms with Crippen molar-refractivity contribution < 1.29 is 27.1 Å². The molecule has 13 heteroatoms. The van der Waals surface area contributed by atoms with Crippen molar-refractivity contribution in [3.63, 3.8) is 0 Å². The van der Waals surface area contributed by atoms with Crippen LogP contribution in [0.4, 0.5) is 35.1 Å². The summed E-state index contributed by atoms with van der Waals surface area (Å²) in [5.41, 5.74) is 5.59. The number of anilines is 3. The summed E-state index contributed by atoms with van der Waals surface area (Å²) >= 11 is 0. The Labute approximate surface area is 203 Å². The smallest absolute Gasteiger partial charge is 0.225 e. The summed E-state index contributed by atoms with van der Waals surface area (Å²) in [5.74, 6) is -3.70. The first kappa shape index (κ1) is 24.2. The van der Waals surface area contributed by atoms with Crippen LogP contribution < -0.4 is 16.4 Å². The van der Waals surface area contributed by atoms with Gasteiger partial charge in [-0.2, -0.15) is 4.98 Å². The normalized spacial score (nSPS) is 24.6. The number of nitrogens with two attached hydrogens (primary N) is 1. The highest BCUT2D eigenvalue weighted by molar-refractivity contribution is 5.78. The molecule has 9 nitrogen and oxygen atoms in total. The van der Waals surface area contributed by atoms with E-state index in [2.05, 4.69) is 25.6 Å². The standard InChI is InChI=1S/C23H25F4N7O2/c24-12-8-14(25)18(15(26)9-12)32-23-31-17-10-29-22(30-16-2-1-7-36-19(16)27)33-21(17)34(23)13-5-3-11(4-6-13)20(28)35/h8-11,13,16,19H,1-7H2,(H2,28,35)(H,31,32)(H,29,30,33)/t11-,13+,16-,19+/m0/s1. The zero-order valence-electron chi connectivity index (χ0n) is 19.2. The van der Waals surface area contributed by atoms with E-state index in [4.69, 9.17) is 10.5 Å². The average molecular weight is 507 g/mol. The molecule has 2 aliphatic rings. The fourth-order valence-corrected chi connectivity index (χ4v) is 4.84. The largest absolute Gasteiger partial charge is 0.369 e. The first-order valence-electron chi connectivity index (χ1n) is 11.8. The van der Waals surface area contributed by atoms with Gasteiger partial charge in [0.05, 0.1) is 18.8 Å². The minimum absolute atomic E-state index is 0.0766. The molecule has 0 radical (unpaired) electrons. The lowest BCUT2D eigenvalue weighted by atomic mass is 9.85. The maximum absolute atomic E-state index is 14.4. The Bertz CT molecular complexity index is 1260. The minimum atomic E-state index is -1.51. The topological polar surface area (TPSA) is 120 Å². The number of nitrogens with one attached hydrogen (secondary N) is 2. The number of carbonyl (C=O) groups is 1. The third kappa shape index (κ3) is 4.79. The van der Waals surface area contributed by atoms with E-state index in [0.29, 0.717) is 68.4 Å². The number of amides is 1. The number of carbonyl (C=O) groups excluding carboxylic acids is 1. The van der Waals surface area contributed by atoms with E-state index in [-0.39, 0.29) is 29.8 Å². The number of ether oxygens (including phenoxy) is 1. The van der Waals surface area contributed by atoms with Crippen LogP contribution in [0, 0.1) is 23.4 Å². The molecule has 0 unspecified atom stereocenters. The number of halogens is 4. The zero-order chi connectivity index (χ0) is 25.4. The fraction of sp³-hybridized carbons (Fsp3) is 0.478. The molecule has 0 spiro atoms. The zero-order valence-corrected chi connectivity index (χ0v) is 19.2. The van der Waals surface area contributed by atoms with Crippen LogP contribution in [0.2, 0.25) is 0 Å². The molecule has 0 bridgehead atoms. The van der Waals surface area contributed by atoms with Gasteiger partial charge >= 0.3 is 0 Å². The van der Waals surface area contributed by atoms with E-state index in [9.17, 15) is 22.4 Å². The number of primary amides is 1. The Morgan fingerprint density at radius 3 is 2.47 bits per heavy atom. The third-order valence-electron chi connectivity index (χ3n) is 6.71. The van der Waals surface area contributed by atoms with Gasteiger partial charge in [0.15, 0.2) is 17.3 Å². The Morgan fingerprint density at radius 2 is 1.81 bits per heavy atom. The number of hydrogen-bond donors (Lipinski definition) is 3. The van der Waals surface area contributed by atoms with Gasteiger partial charge in [-0.25, -0.2) is 27.5 Å². The maximum atomic E-state index is 14.4. The average Bonchev–Trinajstić information content (AvgIpc) is 3.20. The molecule has 3 aromatic rings. The van der Waals surface area contributed by atoms with Gasteiger partial charge in [0.2, 0.25) is 24.2 Å². The van der Waals surface area contributed by atoms with Crippen LogP contribution in [0.5, 0.6) is 0 Å². The first-order chi connectivity index (χ1) is 17.3. The first-order valence-corrected chi connectivity index (χ1v) is 11.8. The summed E-state index contributed by atoms with van der Waals surface area (Å²) < 4.78 is 63.2. The summed E-state index contributed by atoms with van der Waals surface area (Å²) in [6, 6.07) is 0.281. The van der Waals surface area contributed by atoms with Crippen LogP contribution in [-0.4, -0.2) is 44.4 Å². The number of rotatable bonds is 6. The van der Waals surface area contributed by atoms with E-state index in [1.165, 1.54) is 6.20 Å². The summed E-state index contributed by atoms with van der Waals surface area (Å²) in [6.45, 7) is 0.339. The Hall–Kier alpha value is -3.48. The van der Waals surface area contributed by atoms with E-state index >= 15 is 0 Å². The second-order valence-corrected chi connectivity index (χ2v) is 9.10. The minimum Gasteiger partial charge on any atom is -0.369 e. The van der Waals surface area contributed by atoms with Crippen LogP contribution in [0.25, 0.3) is 11.2 Å². The Kier molecular flexibility index (Phi) is 6.65. The van der Waals surface area contributed by atoms with E-state index in [1.54, 1.807) is 4.57 Å². The van der Waals surface area contributed by atoms with Gasteiger partial charge in [-0.3, -0.25) is 9.36 Å². The van der Waals surface area contributed by atoms with Gasteiger partial charge < -0.3 is 21.1 Å². The van der Waals surface area contributed by atoms with Crippen LogP contribution in [-0.2, 0) is 9.53 Å². The molecule has 4 N–H and O–H groups in total. The van der Waals surface area contributed by atoms with Crippen LogP contribution in [0.15, 0.2) is 18.3 Å². The van der Waals surface area contributed by atoms with Crippen LogP contribution >= 0.6 is 0 Å².